The van der Waals surface area contributed by atoms with Crippen molar-refractivity contribution in [3.63, 3.8) is 0 Å². The Kier molecular flexibility index (Phi) is 4.09. The van der Waals surface area contributed by atoms with Crippen LogP contribution in [0.2, 0.25) is 0 Å². The van der Waals surface area contributed by atoms with E-state index in [1.807, 2.05) is 24.3 Å². The van der Waals surface area contributed by atoms with Gasteiger partial charge >= 0.3 is 5.97 Å². The molecule has 1 fully saturated rings. The van der Waals surface area contributed by atoms with Crippen molar-refractivity contribution in [2.75, 3.05) is 6.61 Å². The molecule has 0 radical (unpaired) electrons. The number of carbonyl (C=O) groups is 1. The third-order valence-corrected chi connectivity index (χ3v) is 6.46. The number of carboxylic acids is 1. The van der Waals surface area contributed by atoms with Gasteiger partial charge in [0.2, 0.25) is 0 Å². The molecule has 5 nitrogen and oxygen atoms in total. The van der Waals surface area contributed by atoms with E-state index in [2.05, 4.69) is 12.1 Å². The minimum absolute atomic E-state index is 0.0344. The van der Waals surface area contributed by atoms with E-state index in [4.69, 9.17) is 14.6 Å². The van der Waals surface area contributed by atoms with Crippen molar-refractivity contribution in [3.8, 4) is 11.5 Å². The second kappa shape index (κ2) is 6.52. The maximum Gasteiger partial charge on any atom is 0.304 e. The van der Waals surface area contributed by atoms with Crippen LogP contribution in [0.3, 0.4) is 0 Å². The number of fused-ring (bicyclic) bond motifs is 2. The SMILES string of the molecule is O=C(O)C[C@@H]1COc2cc(O[C@@H]3CCc4c3cccc4C3(O)CCC3)ccc21. The highest BCUT2D eigenvalue weighted by molar-refractivity contribution is 5.68. The fourth-order valence-corrected chi connectivity index (χ4v) is 4.83. The Bertz CT molecular complexity index is 931. The van der Waals surface area contributed by atoms with Crippen LogP contribution in [0.15, 0.2) is 36.4 Å². The number of hydrogen-bond donors (Lipinski definition) is 2. The summed E-state index contributed by atoms with van der Waals surface area (Å²) in [6, 6.07) is 11.9. The number of benzene rings is 2. The topological polar surface area (TPSA) is 76.0 Å². The number of aliphatic hydroxyl groups is 1. The molecule has 2 aliphatic carbocycles. The van der Waals surface area contributed by atoms with E-state index in [-0.39, 0.29) is 18.4 Å². The zero-order valence-corrected chi connectivity index (χ0v) is 15.7. The summed E-state index contributed by atoms with van der Waals surface area (Å²) in [6.45, 7) is 0.402. The average molecular weight is 380 g/mol. The molecule has 28 heavy (non-hydrogen) atoms. The number of aliphatic carboxylic acids is 1. The largest absolute Gasteiger partial charge is 0.492 e. The first-order valence-corrected chi connectivity index (χ1v) is 10.0. The molecule has 0 aromatic heterocycles. The van der Waals surface area contributed by atoms with E-state index in [1.54, 1.807) is 0 Å². The molecule has 3 aliphatic rings. The van der Waals surface area contributed by atoms with Gasteiger partial charge in [-0.3, -0.25) is 4.79 Å². The first-order valence-electron chi connectivity index (χ1n) is 10.0. The molecule has 2 N–H and O–H groups in total. The first kappa shape index (κ1) is 17.6. The lowest BCUT2D eigenvalue weighted by molar-refractivity contribution is -0.137. The van der Waals surface area contributed by atoms with Crippen LogP contribution in [0, 0.1) is 0 Å². The zero-order chi connectivity index (χ0) is 19.3. The Balaban J connectivity index is 1.37. The Morgan fingerprint density at radius 3 is 2.82 bits per heavy atom. The second-order valence-corrected chi connectivity index (χ2v) is 8.21. The quantitative estimate of drug-likeness (QED) is 0.818. The molecule has 2 aromatic carbocycles. The lowest BCUT2D eigenvalue weighted by Gasteiger charge is -2.38. The molecule has 1 aliphatic heterocycles. The Labute approximate surface area is 163 Å². The Hall–Kier alpha value is -2.53. The molecular weight excluding hydrogens is 356 g/mol. The molecule has 0 spiro atoms. The van der Waals surface area contributed by atoms with Crippen molar-refractivity contribution in [1.82, 2.24) is 0 Å². The van der Waals surface area contributed by atoms with Crippen molar-refractivity contribution < 1.29 is 24.5 Å². The summed E-state index contributed by atoms with van der Waals surface area (Å²) in [7, 11) is 0. The lowest BCUT2D eigenvalue weighted by atomic mass is 9.73. The Morgan fingerprint density at radius 2 is 2.07 bits per heavy atom. The normalized spacial score (nSPS) is 24.0. The zero-order valence-electron chi connectivity index (χ0n) is 15.7. The van der Waals surface area contributed by atoms with E-state index in [1.165, 1.54) is 11.1 Å². The monoisotopic (exact) mass is 380 g/mol. The highest BCUT2D eigenvalue weighted by atomic mass is 16.5. The molecule has 0 bridgehead atoms. The van der Waals surface area contributed by atoms with Crippen LogP contribution in [-0.2, 0) is 16.8 Å². The predicted molar refractivity (Wildman–Crippen MR) is 103 cm³/mol. The summed E-state index contributed by atoms with van der Waals surface area (Å²) in [5.74, 6) is 0.549. The Morgan fingerprint density at radius 1 is 1.21 bits per heavy atom. The molecule has 0 unspecified atom stereocenters. The van der Waals surface area contributed by atoms with Crippen LogP contribution in [-0.4, -0.2) is 22.8 Å². The first-order chi connectivity index (χ1) is 13.5. The van der Waals surface area contributed by atoms with Crippen LogP contribution < -0.4 is 9.47 Å². The summed E-state index contributed by atoms with van der Waals surface area (Å²) in [6.07, 6.45) is 4.62. The summed E-state index contributed by atoms with van der Waals surface area (Å²) in [5, 5.41) is 19.9. The fraction of sp³-hybridized carbons (Fsp3) is 0.435. The standard InChI is InChI=1S/C23H24O5/c24-22(25)11-14-13-27-21-12-15(5-6-16(14)21)28-20-8-7-17-18(20)3-1-4-19(17)23(26)9-2-10-23/h1,3-6,12,14,20,26H,2,7-11,13H2,(H,24,25)/t14-,20-/m1/s1. The molecule has 0 amide bonds. The lowest BCUT2D eigenvalue weighted by Crippen LogP contribution is -2.34. The summed E-state index contributed by atoms with van der Waals surface area (Å²) < 4.78 is 12.0. The van der Waals surface area contributed by atoms with Crippen LogP contribution in [0.1, 0.15) is 66.4 Å². The minimum atomic E-state index is -0.812. The van der Waals surface area contributed by atoms with Gasteiger partial charge in [0.1, 0.15) is 17.6 Å². The van der Waals surface area contributed by atoms with E-state index < -0.39 is 11.6 Å². The van der Waals surface area contributed by atoms with Gasteiger partial charge in [-0.2, -0.15) is 0 Å². The van der Waals surface area contributed by atoms with E-state index in [0.717, 1.165) is 54.7 Å². The van der Waals surface area contributed by atoms with Gasteiger partial charge in [-0.05, 0) is 54.9 Å². The smallest absolute Gasteiger partial charge is 0.304 e. The molecule has 5 rings (SSSR count). The van der Waals surface area contributed by atoms with Crippen LogP contribution in [0.25, 0.3) is 0 Å². The minimum Gasteiger partial charge on any atom is -0.492 e. The van der Waals surface area contributed by atoms with Crippen LogP contribution >= 0.6 is 0 Å². The molecule has 1 saturated carbocycles. The average Bonchev–Trinajstić information content (AvgIpc) is 3.23. The molecular formula is C23H24O5. The molecule has 2 atom stereocenters. The summed E-state index contributed by atoms with van der Waals surface area (Å²) >= 11 is 0. The number of hydrogen-bond acceptors (Lipinski definition) is 4. The van der Waals surface area contributed by atoms with Crippen molar-refractivity contribution in [2.45, 2.75) is 56.1 Å². The highest BCUT2D eigenvalue weighted by Crippen LogP contribution is 2.47. The van der Waals surface area contributed by atoms with Gasteiger partial charge in [-0.1, -0.05) is 24.3 Å². The highest BCUT2D eigenvalue weighted by Gasteiger charge is 2.40. The third-order valence-electron chi connectivity index (χ3n) is 6.46. The van der Waals surface area contributed by atoms with Crippen molar-refractivity contribution >= 4 is 5.97 Å². The number of carboxylic acid groups (broad SMARTS) is 1. The summed E-state index contributed by atoms with van der Waals surface area (Å²) in [5.41, 5.74) is 3.78. The second-order valence-electron chi connectivity index (χ2n) is 8.21. The number of rotatable bonds is 5. The van der Waals surface area contributed by atoms with Crippen LogP contribution in [0.4, 0.5) is 0 Å². The van der Waals surface area contributed by atoms with Gasteiger partial charge in [-0.25, -0.2) is 0 Å². The van der Waals surface area contributed by atoms with Gasteiger partial charge in [0.15, 0.2) is 0 Å². The molecule has 2 aromatic rings. The third kappa shape index (κ3) is 2.85. The molecule has 146 valence electrons. The van der Waals surface area contributed by atoms with E-state index in [0.29, 0.717) is 6.61 Å². The fourth-order valence-electron chi connectivity index (χ4n) is 4.83. The predicted octanol–water partition coefficient (Wildman–Crippen LogP) is 4.08. The molecule has 1 heterocycles. The van der Waals surface area contributed by atoms with Crippen molar-refractivity contribution in [1.29, 1.82) is 0 Å². The van der Waals surface area contributed by atoms with Gasteiger partial charge in [-0.15, -0.1) is 0 Å². The summed E-state index contributed by atoms with van der Waals surface area (Å²) in [4.78, 5) is 11.0. The van der Waals surface area contributed by atoms with Crippen molar-refractivity contribution in [2.24, 2.45) is 0 Å². The maximum absolute atomic E-state index is 11.0. The van der Waals surface area contributed by atoms with Gasteiger partial charge in [0, 0.05) is 17.5 Å². The van der Waals surface area contributed by atoms with Gasteiger partial charge in [0.05, 0.1) is 18.6 Å². The van der Waals surface area contributed by atoms with E-state index >= 15 is 0 Å². The number of ether oxygens (including phenoxy) is 2. The van der Waals surface area contributed by atoms with Gasteiger partial charge in [0.25, 0.3) is 0 Å². The van der Waals surface area contributed by atoms with E-state index in [9.17, 15) is 9.90 Å². The molecule has 0 saturated heterocycles. The van der Waals surface area contributed by atoms with Crippen molar-refractivity contribution in [3.05, 3.63) is 58.7 Å². The van der Waals surface area contributed by atoms with Crippen LogP contribution in [0.5, 0.6) is 11.5 Å². The maximum atomic E-state index is 11.0. The van der Waals surface area contributed by atoms with Gasteiger partial charge < -0.3 is 19.7 Å². The molecule has 5 heteroatoms.